The molecule has 0 aromatic carbocycles. The van der Waals surface area contributed by atoms with E-state index in [0.29, 0.717) is 11.7 Å². The maximum absolute atomic E-state index is 6.18. The smallest absolute Gasteiger partial charge is 0.152 e. The van der Waals surface area contributed by atoms with Crippen LogP contribution in [0.25, 0.3) is 0 Å². The predicted molar refractivity (Wildman–Crippen MR) is 88.1 cm³/mol. The number of hydrogen-bond acceptors (Lipinski definition) is 4. The number of pyridine rings is 1. The zero-order chi connectivity index (χ0) is 15.2. The second-order valence-corrected chi connectivity index (χ2v) is 5.56. The lowest BCUT2D eigenvalue weighted by atomic mass is 10.2. The van der Waals surface area contributed by atoms with E-state index in [2.05, 4.69) is 27.2 Å². The Labute approximate surface area is 130 Å². The van der Waals surface area contributed by atoms with E-state index >= 15 is 0 Å². The van der Waals surface area contributed by atoms with Crippen molar-refractivity contribution in [2.45, 2.75) is 32.7 Å². The molecule has 0 bridgehead atoms. The Hall–Kier alpha value is -1.75. The van der Waals surface area contributed by atoms with E-state index in [1.54, 1.807) is 6.20 Å². The number of nitrogens with zero attached hydrogens (tertiary/aromatic N) is 3. The van der Waals surface area contributed by atoms with Gasteiger partial charge in [-0.25, -0.2) is 4.98 Å². The number of aryl methyl sites for hydroxylation is 1. The minimum atomic E-state index is 0.545. The minimum Gasteiger partial charge on any atom is -0.376 e. The van der Waals surface area contributed by atoms with Crippen LogP contribution in [0.5, 0.6) is 0 Å². The molecule has 2 aromatic rings. The Morgan fingerprint density at radius 1 is 1.38 bits per heavy atom. The third-order valence-electron chi connectivity index (χ3n) is 3.28. The lowest BCUT2D eigenvalue weighted by Gasteiger charge is -2.17. The molecule has 5 nitrogen and oxygen atoms in total. The molecular formula is C15H22ClN5. The highest BCUT2D eigenvalue weighted by Gasteiger charge is 2.09. The van der Waals surface area contributed by atoms with Crippen molar-refractivity contribution in [1.82, 2.24) is 15.0 Å². The molecule has 6 heteroatoms. The minimum absolute atomic E-state index is 0.545. The molecule has 2 heterocycles. The van der Waals surface area contributed by atoms with Gasteiger partial charge in [0.25, 0.3) is 0 Å². The molecule has 2 rings (SSSR count). The normalized spacial score (nSPS) is 10.7. The van der Waals surface area contributed by atoms with Crippen molar-refractivity contribution < 1.29 is 0 Å². The molecular weight excluding hydrogens is 286 g/mol. The molecule has 0 aliphatic rings. The number of nitrogens with one attached hydrogen (secondary N) is 2. The Morgan fingerprint density at radius 3 is 2.90 bits per heavy atom. The van der Waals surface area contributed by atoms with E-state index in [-0.39, 0.29) is 0 Å². The molecule has 114 valence electrons. The molecule has 0 saturated heterocycles. The van der Waals surface area contributed by atoms with Gasteiger partial charge in [0.2, 0.25) is 0 Å². The van der Waals surface area contributed by atoms with E-state index in [9.17, 15) is 0 Å². The number of hydrogen-bond donors (Lipinski definition) is 2. The average Bonchev–Trinajstić information content (AvgIpc) is 2.83. The highest BCUT2D eigenvalue weighted by Crippen LogP contribution is 2.23. The summed E-state index contributed by atoms with van der Waals surface area (Å²) in [5, 5.41) is 3.91. The average molecular weight is 308 g/mol. The Morgan fingerprint density at radius 2 is 2.19 bits per heavy atom. The standard InChI is InChI=1S/C15H22ClN5/c1-4-5-6-14-19-12(15(16)20-14)10-18-11-9-17-8-7-13(11)21(2)3/h7-9,18H,4-6,10H2,1-3H3,(H,19,20). The fraction of sp³-hybridized carbons (Fsp3) is 0.467. The molecule has 0 aliphatic heterocycles. The zero-order valence-corrected chi connectivity index (χ0v) is 13.5. The summed E-state index contributed by atoms with van der Waals surface area (Å²) in [6, 6.07) is 1.98. The Balaban J connectivity index is 2.05. The van der Waals surface area contributed by atoms with Crippen LogP contribution in [0.1, 0.15) is 31.3 Å². The second-order valence-electron chi connectivity index (χ2n) is 5.20. The van der Waals surface area contributed by atoms with Crippen molar-refractivity contribution in [1.29, 1.82) is 0 Å². The monoisotopic (exact) mass is 307 g/mol. The molecule has 21 heavy (non-hydrogen) atoms. The van der Waals surface area contributed by atoms with Crippen molar-refractivity contribution in [3.8, 4) is 0 Å². The summed E-state index contributed by atoms with van der Waals surface area (Å²) in [6.45, 7) is 2.77. The SMILES string of the molecule is CCCCc1nc(Cl)c(CNc2cnccc2N(C)C)[nH]1. The molecule has 0 unspecified atom stereocenters. The van der Waals surface area contributed by atoms with E-state index in [1.165, 1.54) is 0 Å². The molecule has 2 N–H and O–H groups in total. The number of anilines is 2. The van der Waals surface area contributed by atoms with E-state index in [1.807, 2.05) is 31.3 Å². The van der Waals surface area contributed by atoms with Gasteiger partial charge in [0.1, 0.15) is 5.82 Å². The molecule has 0 aliphatic carbocycles. The molecule has 0 atom stereocenters. The summed E-state index contributed by atoms with van der Waals surface area (Å²) in [5.41, 5.74) is 2.98. The van der Waals surface area contributed by atoms with Crippen LogP contribution >= 0.6 is 11.6 Å². The number of aromatic nitrogens is 3. The lowest BCUT2D eigenvalue weighted by molar-refractivity contribution is 0.760. The van der Waals surface area contributed by atoms with Gasteiger partial charge in [0.05, 0.1) is 29.8 Å². The third-order valence-corrected chi connectivity index (χ3v) is 3.59. The van der Waals surface area contributed by atoms with Gasteiger partial charge in [0.15, 0.2) is 5.15 Å². The summed E-state index contributed by atoms with van der Waals surface area (Å²) >= 11 is 6.18. The van der Waals surface area contributed by atoms with Crippen LogP contribution in [0.2, 0.25) is 5.15 Å². The van der Waals surface area contributed by atoms with Gasteiger partial charge in [-0.3, -0.25) is 4.98 Å². The highest BCUT2D eigenvalue weighted by molar-refractivity contribution is 6.30. The molecule has 0 amide bonds. The van der Waals surface area contributed by atoms with Crippen molar-refractivity contribution in [3.63, 3.8) is 0 Å². The van der Waals surface area contributed by atoms with Crippen LogP contribution in [0.4, 0.5) is 11.4 Å². The second kappa shape index (κ2) is 7.31. The number of aromatic amines is 1. The first kappa shape index (κ1) is 15.6. The zero-order valence-electron chi connectivity index (χ0n) is 12.8. The lowest BCUT2D eigenvalue weighted by Crippen LogP contribution is -2.12. The highest BCUT2D eigenvalue weighted by atomic mass is 35.5. The van der Waals surface area contributed by atoms with E-state index in [4.69, 9.17) is 11.6 Å². The summed E-state index contributed by atoms with van der Waals surface area (Å²) in [5.74, 6) is 0.956. The third kappa shape index (κ3) is 4.11. The largest absolute Gasteiger partial charge is 0.376 e. The first-order chi connectivity index (χ1) is 10.1. The van der Waals surface area contributed by atoms with Crippen LogP contribution < -0.4 is 10.2 Å². The molecule has 0 fully saturated rings. The van der Waals surface area contributed by atoms with Gasteiger partial charge in [-0.05, 0) is 12.5 Å². The van der Waals surface area contributed by atoms with Crippen molar-refractivity contribution in [2.24, 2.45) is 0 Å². The van der Waals surface area contributed by atoms with Crippen LogP contribution in [0.3, 0.4) is 0 Å². The maximum atomic E-state index is 6.18. The Bertz CT molecular complexity index is 579. The van der Waals surface area contributed by atoms with Crippen molar-refractivity contribution >= 4 is 23.0 Å². The topological polar surface area (TPSA) is 56.8 Å². The Kier molecular flexibility index (Phi) is 5.44. The summed E-state index contributed by atoms with van der Waals surface area (Å²) < 4.78 is 0. The maximum Gasteiger partial charge on any atom is 0.152 e. The molecule has 2 aromatic heterocycles. The van der Waals surface area contributed by atoms with Gasteiger partial charge in [-0.15, -0.1) is 0 Å². The number of unbranched alkanes of at least 4 members (excludes halogenated alkanes) is 1. The number of imidazole rings is 1. The first-order valence-corrected chi connectivity index (χ1v) is 7.58. The van der Waals surface area contributed by atoms with Crippen molar-refractivity contribution in [2.75, 3.05) is 24.3 Å². The summed E-state index contributed by atoms with van der Waals surface area (Å²) in [4.78, 5) is 13.9. The quantitative estimate of drug-likeness (QED) is 0.822. The number of halogens is 1. The van der Waals surface area contributed by atoms with Crippen molar-refractivity contribution in [3.05, 3.63) is 35.1 Å². The number of rotatable bonds is 7. The van der Waals surface area contributed by atoms with E-state index in [0.717, 1.165) is 42.2 Å². The number of H-pyrrole nitrogens is 1. The molecule has 0 radical (unpaired) electrons. The van der Waals surface area contributed by atoms with Gasteiger partial charge in [-0.1, -0.05) is 24.9 Å². The van der Waals surface area contributed by atoms with Crippen LogP contribution in [-0.2, 0) is 13.0 Å². The van der Waals surface area contributed by atoms with Crippen LogP contribution in [0.15, 0.2) is 18.5 Å². The van der Waals surface area contributed by atoms with Gasteiger partial charge >= 0.3 is 0 Å². The molecule has 0 saturated carbocycles. The fourth-order valence-electron chi connectivity index (χ4n) is 2.12. The fourth-order valence-corrected chi connectivity index (χ4v) is 2.33. The van der Waals surface area contributed by atoms with Gasteiger partial charge in [-0.2, -0.15) is 0 Å². The van der Waals surface area contributed by atoms with E-state index < -0.39 is 0 Å². The van der Waals surface area contributed by atoms with Gasteiger partial charge < -0.3 is 15.2 Å². The summed E-state index contributed by atoms with van der Waals surface area (Å²) in [7, 11) is 4.01. The van der Waals surface area contributed by atoms with Gasteiger partial charge in [0, 0.05) is 26.7 Å². The summed E-state index contributed by atoms with van der Waals surface area (Å²) in [6.07, 6.45) is 6.80. The van der Waals surface area contributed by atoms with Crippen LogP contribution in [0, 0.1) is 0 Å². The van der Waals surface area contributed by atoms with Crippen LogP contribution in [-0.4, -0.2) is 29.0 Å². The first-order valence-electron chi connectivity index (χ1n) is 7.20. The predicted octanol–water partition coefficient (Wildman–Crippen LogP) is 3.48. The molecule has 0 spiro atoms.